The van der Waals surface area contributed by atoms with Gasteiger partial charge in [0.05, 0.1) is 27.2 Å². The number of benzene rings is 2. The fourth-order valence-electron chi connectivity index (χ4n) is 3.30. The Balaban J connectivity index is 1.65. The van der Waals surface area contributed by atoms with Gasteiger partial charge in [-0.2, -0.15) is 0 Å². The molecule has 0 radical (unpaired) electrons. The second-order valence-electron chi connectivity index (χ2n) is 7.20. The van der Waals surface area contributed by atoms with E-state index >= 15 is 0 Å². The summed E-state index contributed by atoms with van der Waals surface area (Å²) in [7, 11) is 0. The van der Waals surface area contributed by atoms with Crippen molar-refractivity contribution in [1.29, 1.82) is 0 Å². The minimum Gasteiger partial charge on any atom is -0.345 e. The SMILES string of the molecule is Cc1cc(C(=O)c2ccccc2Cl)c(-n2c(C)nnc2CNC(=O)c2ccc(Cl)c(Cl)c2)s1. The van der Waals surface area contributed by atoms with Crippen molar-refractivity contribution in [3.63, 3.8) is 0 Å². The molecule has 2 heterocycles. The van der Waals surface area contributed by atoms with Gasteiger partial charge in [-0.3, -0.25) is 14.2 Å². The van der Waals surface area contributed by atoms with E-state index in [2.05, 4.69) is 15.5 Å². The minimum absolute atomic E-state index is 0.0938. The first-order chi connectivity index (χ1) is 15.8. The maximum absolute atomic E-state index is 13.3. The smallest absolute Gasteiger partial charge is 0.251 e. The molecule has 0 aliphatic rings. The standard InChI is InChI=1S/C23H17Cl3N4O2S/c1-12-9-16(21(31)15-5-3-4-6-17(15)24)23(33-12)30-13(2)28-29-20(30)11-27-22(32)14-7-8-18(25)19(26)10-14/h3-10H,11H2,1-2H3,(H,27,32). The number of nitrogens with one attached hydrogen (secondary N) is 1. The third kappa shape index (κ3) is 4.82. The monoisotopic (exact) mass is 518 g/mol. The number of carbonyl (C=O) groups is 2. The Morgan fingerprint density at radius 1 is 0.939 bits per heavy atom. The Morgan fingerprint density at radius 3 is 2.42 bits per heavy atom. The van der Waals surface area contributed by atoms with Crippen LogP contribution >= 0.6 is 46.1 Å². The van der Waals surface area contributed by atoms with E-state index in [4.69, 9.17) is 34.8 Å². The Morgan fingerprint density at radius 2 is 1.70 bits per heavy atom. The third-order valence-corrected chi connectivity index (χ3v) is 6.99. The molecule has 0 saturated carbocycles. The van der Waals surface area contributed by atoms with E-state index in [1.807, 2.05) is 13.0 Å². The van der Waals surface area contributed by atoms with Crippen LogP contribution in [0.1, 0.15) is 42.8 Å². The molecule has 0 fully saturated rings. The van der Waals surface area contributed by atoms with Crippen molar-refractivity contribution in [1.82, 2.24) is 20.1 Å². The summed E-state index contributed by atoms with van der Waals surface area (Å²) in [5.74, 6) is 0.536. The Kier molecular flexibility index (Phi) is 6.86. The summed E-state index contributed by atoms with van der Waals surface area (Å²) >= 11 is 19.6. The van der Waals surface area contributed by atoms with Crippen molar-refractivity contribution in [3.05, 3.63) is 96.8 Å². The summed E-state index contributed by atoms with van der Waals surface area (Å²) in [6.07, 6.45) is 0. The normalized spacial score (nSPS) is 10.9. The second kappa shape index (κ2) is 9.65. The Bertz CT molecular complexity index is 1380. The molecule has 168 valence electrons. The number of hydrogen-bond donors (Lipinski definition) is 1. The highest BCUT2D eigenvalue weighted by molar-refractivity contribution is 7.15. The Labute approximate surface area is 209 Å². The first-order valence-corrected chi connectivity index (χ1v) is 11.8. The zero-order chi connectivity index (χ0) is 23.7. The summed E-state index contributed by atoms with van der Waals surface area (Å²) in [6, 6.07) is 13.4. The zero-order valence-corrected chi connectivity index (χ0v) is 20.6. The number of aryl methyl sites for hydroxylation is 2. The van der Waals surface area contributed by atoms with Crippen LogP contribution in [0.25, 0.3) is 5.00 Å². The highest BCUT2D eigenvalue weighted by Crippen LogP contribution is 2.31. The number of rotatable bonds is 6. The highest BCUT2D eigenvalue weighted by Gasteiger charge is 2.23. The van der Waals surface area contributed by atoms with Crippen molar-refractivity contribution >= 4 is 57.8 Å². The molecule has 0 spiro atoms. The number of halogens is 3. The molecule has 0 aliphatic carbocycles. The molecule has 10 heteroatoms. The summed E-state index contributed by atoms with van der Waals surface area (Å²) < 4.78 is 1.77. The van der Waals surface area contributed by atoms with Gasteiger partial charge < -0.3 is 5.32 Å². The molecule has 0 atom stereocenters. The van der Waals surface area contributed by atoms with E-state index in [0.29, 0.717) is 48.4 Å². The number of thiophene rings is 1. The van der Waals surface area contributed by atoms with E-state index in [0.717, 1.165) is 4.88 Å². The van der Waals surface area contributed by atoms with Crippen LogP contribution in [0.2, 0.25) is 15.1 Å². The molecular weight excluding hydrogens is 503 g/mol. The molecule has 33 heavy (non-hydrogen) atoms. The van der Waals surface area contributed by atoms with Crippen LogP contribution in [0, 0.1) is 13.8 Å². The Hall–Kier alpha value is -2.71. The van der Waals surface area contributed by atoms with E-state index < -0.39 is 0 Å². The molecule has 0 bridgehead atoms. The van der Waals surface area contributed by atoms with Gasteiger partial charge in [-0.15, -0.1) is 21.5 Å². The lowest BCUT2D eigenvalue weighted by Crippen LogP contribution is -2.24. The summed E-state index contributed by atoms with van der Waals surface area (Å²) in [6.45, 7) is 3.80. The molecule has 0 aliphatic heterocycles. The summed E-state index contributed by atoms with van der Waals surface area (Å²) in [4.78, 5) is 26.8. The number of hydrogen-bond acceptors (Lipinski definition) is 5. The van der Waals surface area contributed by atoms with E-state index in [9.17, 15) is 9.59 Å². The van der Waals surface area contributed by atoms with Gasteiger partial charge in [-0.1, -0.05) is 46.9 Å². The van der Waals surface area contributed by atoms with Crippen LogP contribution in [0.5, 0.6) is 0 Å². The van der Waals surface area contributed by atoms with Crippen LogP contribution in [-0.4, -0.2) is 26.5 Å². The number of carbonyl (C=O) groups excluding carboxylic acids is 2. The second-order valence-corrected chi connectivity index (χ2v) is 9.65. The molecule has 0 unspecified atom stereocenters. The molecule has 2 aromatic carbocycles. The molecule has 4 rings (SSSR count). The van der Waals surface area contributed by atoms with Crippen LogP contribution in [0.15, 0.2) is 48.5 Å². The molecule has 0 saturated heterocycles. The van der Waals surface area contributed by atoms with Crippen molar-refractivity contribution < 1.29 is 9.59 Å². The predicted molar refractivity (Wildman–Crippen MR) is 131 cm³/mol. The maximum atomic E-state index is 13.3. The number of aromatic nitrogens is 3. The molecular formula is C23H17Cl3N4O2S. The molecule has 6 nitrogen and oxygen atoms in total. The van der Waals surface area contributed by atoms with Crippen LogP contribution in [0.3, 0.4) is 0 Å². The summed E-state index contributed by atoms with van der Waals surface area (Å²) in [5.41, 5.74) is 1.28. The fraction of sp³-hybridized carbons (Fsp3) is 0.130. The van der Waals surface area contributed by atoms with E-state index in [1.54, 1.807) is 47.9 Å². The van der Waals surface area contributed by atoms with Crippen LogP contribution in [-0.2, 0) is 6.54 Å². The fourth-order valence-corrected chi connectivity index (χ4v) is 4.90. The average Bonchev–Trinajstić information content (AvgIpc) is 3.35. The van der Waals surface area contributed by atoms with Gasteiger partial charge in [-0.05, 0) is 50.2 Å². The highest BCUT2D eigenvalue weighted by atomic mass is 35.5. The van der Waals surface area contributed by atoms with Gasteiger partial charge in [0, 0.05) is 16.0 Å². The summed E-state index contributed by atoms with van der Waals surface area (Å²) in [5, 5.41) is 12.9. The minimum atomic E-state index is -0.338. The van der Waals surface area contributed by atoms with E-state index in [-0.39, 0.29) is 18.2 Å². The lowest BCUT2D eigenvalue weighted by molar-refractivity contribution is 0.0948. The predicted octanol–water partition coefficient (Wildman–Crippen LogP) is 6.07. The molecule has 2 aromatic heterocycles. The van der Waals surface area contributed by atoms with E-state index in [1.165, 1.54) is 17.4 Å². The van der Waals surface area contributed by atoms with Crippen molar-refractivity contribution in [3.8, 4) is 5.00 Å². The molecule has 4 aromatic rings. The maximum Gasteiger partial charge on any atom is 0.251 e. The quantitative estimate of drug-likeness (QED) is 0.314. The topological polar surface area (TPSA) is 76.9 Å². The van der Waals surface area contributed by atoms with Gasteiger partial charge in [-0.25, -0.2) is 0 Å². The van der Waals surface area contributed by atoms with Crippen molar-refractivity contribution in [2.45, 2.75) is 20.4 Å². The van der Waals surface area contributed by atoms with Gasteiger partial charge in [0.2, 0.25) is 0 Å². The van der Waals surface area contributed by atoms with Gasteiger partial charge >= 0.3 is 0 Å². The first kappa shape index (κ1) is 23.4. The van der Waals surface area contributed by atoms with Crippen molar-refractivity contribution in [2.24, 2.45) is 0 Å². The van der Waals surface area contributed by atoms with Gasteiger partial charge in [0.1, 0.15) is 10.8 Å². The van der Waals surface area contributed by atoms with Crippen molar-refractivity contribution in [2.75, 3.05) is 0 Å². The molecule has 1 amide bonds. The zero-order valence-electron chi connectivity index (χ0n) is 17.5. The lowest BCUT2D eigenvalue weighted by atomic mass is 10.0. The van der Waals surface area contributed by atoms with Crippen LogP contribution in [0.4, 0.5) is 0 Å². The number of ketones is 1. The number of nitrogens with zero attached hydrogens (tertiary/aromatic N) is 3. The molecule has 1 N–H and O–H groups in total. The largest absolute Gasteiger partial charge is 0.345 e. The van der Waals surface area contributed by atoms with Gasteiger partial charge in [0.15, 0.2) is 11.6 Å². The average molecular weight is 520 g/mol. The lowest BCUT2D eigenvalue weighted by Gasteiger charge is -2.11. The van der Waals surface area contributed by atoms with Gasteiger partial charge in [0.25, 0.3) is 5.91 Å². The van der Waals surface area contributed by atoms with Crippen LogP contribution < -0.4 is 5.32 Å². The first-order valence-electron chi connectivity index (χ1n) is 9.80. The number of amides is 1. The third-order valence-electron chi connectivity index (χ3n) is 4.88.